The molecule has 0 amide bonds. The van der Waals surface area contributed by atoms with Crippen LogP contribution in [0.1, 0.15) is 39.5 Å². The molecule has 1 aliphatic carbocycles. The maximum Gasteiger partial charge on any atom is 0.148 e. The molecule has 0 spiro atoms. The minimum absolute atomic E-state index is 0.122. The highest BCUT2D eigenvalue weighted by molar-refractivity contribution is 7.87. The third-order valence-electron chi connectivity index (χ3n) is 2.24. The Kier molecular flexibility index (Phi) is 3.44. The number of hydrogen-bond donors (Lipinski definition) is 0. The highest BCUT2D eigenvalue weighted by Crippen LogP contribution is 2.20. The molecule has 0 bridgehead atoms. The van der Waals surface area contributed by atoms with E-state index in [9.17, 15) is 9.00 Å². The van der Waals surface area contributed by atoms with Crippen molar-refractivity contribution in [2.75, 3.05) is 0 Å². The van der Waals surface area contributed by atoms with Gasteiger partial charge in [0.1, 0.15) is 5.78 Å². The topological polar surface area (TPSA) is 34.1 Å². The van der Waals surface area contributed by atoms with E-state index in [0.717, 1.165) is 19.3 Å². The second-order valence-corrected chi connectivity index (χ2v) is 5.75. The molecule has 0 aliphatic heterocycles. The van der Waals surface area contributed by atoms with E-state index in [1.165, 1.54) is 0 Å². The fourth-order valence-electron chi connectivity index (χ4n) is 1.53. The van der Waals surface area contributed by atoms with Crippen molar-refractivity contribution in [3.63, 3.8) is 0 Å². The number of Topliss-reactive ketones (excluding diaryl/α,β-unsaturated/α-hetero) is 1. The molecule has 1 fully saturated rings. The van der Waals surface area contributed by atoms with Gasteiger partial charge in [0.25, 0.3) is 0 Å². The van der Waals surface area contributed by atoms with E-state index in [2.05, 4.69) is 0 Å². The van der Waals surface area contributed by atoms with Crippen molar-refractivity contribution < 1.29 is 9.00 Å². The molecule has 3 heteroatoms. The smallest absolute Gasteiger partial charge is 0.148 e. The first-order valence-electron chi connectivity index (χ1n) is 4.55. The van der Waals surface area contributed by atoms with E-state index < -0.39 is 10.8 Å². The molecule has 70 valence electrons. The molecule has 0 aromatic carbocycles. The van der Waals surface area contributed by atoms with Gasteiger partial charge in [0.05, 0.1) is 5.25 Å². The third kappa shape index (κ3) is 2.16. The van der Waals surface area contributed by atoms with Crippen molar-refractivity contribution in [3.8, 4) is 0 Å². The van der Waals surface area contributed by atoms with Gasteiger partial charge in [-0.05, 0) is 12.8 Å². The van der Waals surface area contributed by atoms with Crippen LogP contribution >= 0.6 is 0 Å². The van der Waals surface area contributed by atoms with Crippen molar-refractivity contribution in [2.45, 2.75) is 50.0 Å². The Labute approximate surface area is 76.2 Å². The molecule has 1 rings (SSSR count). The Hall–Kier alpha value is -0.180. The van der Waals surface area contributed by atoms with Crippen LogP contribution in [0.25, 0.3) is 0 Å². The van der Waals surface area contributed by atoms with Gasteiger partial charge in [-0.15, -0.1) is 0 Å². The molecule has 0 aromatic rings. The zero-order valence-corrected chi connectivity index (χ0v) is 8.52. The van der Waals surface area contributed by atoms with Gasteiger partial charge in [-0.2, -0.15) is 0 Å². The van der Waals surface area contributed by atoms with Crippen molar-refractivity contribution in [3.05, 3.63) is 0 Å². The zero-order valence-electron chi connectivity index (χ0n) is 7.71. The summed E-state index contributed by atoms with van der Waals surface area (Å²) in [5, 5.41) is -0.0317. The average Bonchev–Trinajstić information content (AvgIpc) is 2.04. The van der Waals surface area contributed by atoms with E-state index in [1.807, 2.05) is 13.8 Å². The van der Waals surface area contributed by atoms with Crippen LogP contribution in [0.2, 0.25) is 0 Å². The Morgan fingerprint density at radius 2 is 2.08 bits per heavy atom. The van der Waals surface area contributed by atoms with Gasteiger partial charge in [0, 0.05) is 22.5 Å². The minimum atomic E-state index is -0.938. The second kappa shape index (κ2) is 4.17. The first kappa shape index (κ1) is 9.90. The van der Waals surface area contributed by atoms with Crippen LogP contribution in [-0.4, -0.2) is 20.5 Å². The lowest BCUT2D eigenvalue weighted by molar-refractivity contribution is -0.119. The summed E-state index contributed by atoms with van der Waals surface area (Å²) in [5.74, 6) is 0.216. The molecule has 12 heavy (non-hydrogen) atoms. The summed E-state index contributed by atoms with van der Waals surface area (Å²) in [4.78, 5) is 11.3. The Morgan fingerprint density at radius 3 is 2.58 bits per heavy atom. The molecule has 1 saturated carbocycles. The zero-order chi connectivity index (χ0) is 9.14. The normalized spacial score (nSPS) is 27.6. The van der Waals surface area contributed by atoms with Crippen molar-refractivity contribution in [1.29, 1.82) is 0 Å². The standard InChI is InChI=1S/C9H16O2S/c1-7(2)12(11)9-6-4-3-5-8(9)10/h7,9H,3-6H2,1-2H3. The summed E-state index contributed by atoms with van der Waals surface area (Å²) in [5.41, 5.74) is 0. The maximum absolute atomic E-state index is 11.6. The van der Waals surface area contributed by atoms with E-state index in [4.69, 9.17) is 0 Å². The highest BCUT2D eigenvalue weighted by atomic mass is 32.2. The monoisotopic (exact) mass is 188 g/mol. The fourth-order valence-corrected chi connectivity index (χ4v) is 2.96. The van der Waals surface area contributed by atoms with Crippen LogP contribution in [0.15, 0.2) is 0 Å². The van der Waals surface area contributed by atoms with Crippen LogP contribution in [0.4, 0.5) is 0 Å². The SMILES string of the molecule is CC(C)S(=O)C1CCCCC1=O. The lowest BCUT2D eigenvalue weighted by Crippen LogP contribution is -2.32. The molecule has 0 aromatic heterocycles. The van der Waals surface area contributed by atoms with Crippen molar-refractivity contribution >= 4 is 16.6 Å². The van der Waals surface area contributed by atoms with Gasteiger partial charge < -0.3 is 0 Å². The largest absolute Gasteiger partial charge is 0.298 e. The lowest BCUT2D eigenvalue weighted by atomic mass is 9.99. The number of carbonyl (C=O) groups excluding carboxylic acids is 1. The van der Waals surface area contributed by atoms with Gasteiger partial charge in [-0.25, -0.2) is 0 Å². The van der Waals surface area contributed by atoms with Crippen LogP contribution in [0.3, 0.4) is 0 Å². The molecule has 0 saturated heterocycles. The van der Waals surface area contributed by atoms with Gasteiger partial charge in [-0.3, -0.25) is 9.00 Å². The summed E-state index contributed by atoms with van der Waals surface area (Å²) < 4.78 is 11.6. The van der Waals surface area contributed by atoms with Gasteiger partial charge in [0.2, 0.25) is 0 Å². The fraction of sp³-hybridized carbons (Fsp3) is 0.889. The Morgan fingerprint density at radius 1 is 1.42 bits per heavy atom. The summed E-state index contributed by atoms with van der Waals surface area (Å²) in [6.07, 6.45) is 3.53. The van der Waals surface area contributed by atoms with Gasteiger partial charge in [0.15, 0.2) is 0 Å². The second-order valence-electron chi connectivity index (χ2n) is 3.58. The predicted molar refractivity (Wildman–Crippen MR) is 50.5 cm³/mol. The van der Waals surface area contributed by atoms with E-state index in [-0.39, 0.29) is 16.3 Å². The molecule has 1 aliphatic rings. The average molecular weight is 188 g/mol. The van der Waals surface area contributed by atoms with Crippen LogP contribution in [0, 0.1) is 0 Å². The number of hydrogen-bond acceptors (Lipinski definition) is 2. The third-order valence-corrected chi connectivity index (χ3v) is 4.23. The molecular formula is C9H16O2S. The molecule has 0 N–H and O–H groups in total. The van der Waals surface area contributed by atoms with Gasteiger partial charge in [-0.1, -0.05) is 20.3 Å². The summed E-state index contributed by atoms with van der Waals surface area (Å²) in [7, 11) is -0.938. The first-order chi connectivity index (χ1) is 5.63. The number of rotatable bonds is 2. The lowest BCUT2D eigenvalue weighted by Gasteiger charge is -2.21. The quantitative estimate of drug-likeness (QED) is 0.660. The van der Waals surface area contributed by atoms with E-state index in [0.29, 0.717) is 6.42 Å². The van der Waals surface area contributed by atoms with Crippen molar-refractivity contribution in [1.82, 2.24) is 0 Å². The van der Waals surface area contributed by atoms with Gasteiger partial charge >= 0.3 is 0 Å². The Bertz CT molecular complexity index is 199. The summed E-state index contributed by atoms with van der Waals surface area (Å²) >= 11 is 0. The molecule has 2 unspecified atom stereocenters. The van der Waals surface area contributed by atoms with E-state index in [1.54, 1.807) is 0 Å². The molecule has 0 heterocycles. The molecular weight excluding hydrogens is 172 g/mol. The predicted octanol–water partition coefficient (Wildman–Crippen LogP) is 1.66. The van der Waals surface area contributed by atoms with Crippen LogP contribution in [-0.2, 0) is 15.6 Å². The minimum Gasteiger partial charge on any atom is -0.298 e. The van der Waals surface area contributed by atoms with Crippen molar-refractivity contribution in [2.24, 2.45) is 0 Å². The molecule has 2 atom stereocenters. The van der Waals surface area contributed by atoms with Crippen LogP contribution < -0.4 is 0 Å². The number of ketones is 1. The van der Waals surface area contributed by atoms with Crippen LogP contribution in [0.5, 0.6) is 0 Å². The molecule has 2 nitrogen and oxygen atoms in total. The number of carbonyl (C=O) groups is 1. The first-order valence-corrected chi connectivity index (χ1v) is 5.82. The maximum atomic E-state index is 11.6. The van der Waals surface area contributed by atoms with E-state index >= 15 is 0 Å². The molecule has 0 radical (unpaired) electrons. The summed E-state index contributed by atoms with van der Waals surface area (Å²) in [6, 6.07) is 0. The summed E-state index contributed by atoms with van der Waals surface area (Å²) in [6.45, 7) is 3.83. The highest BCUT2D eigenvalue weighted by Gasteiger charge is 2.28. The Balaban J connectivity index is 2.60.